The lowest BCUT2D eigenvalue weighted by Gasteiger charge is -1.91. The Morgan fingerprint density at radius 1 is 1.16 bits per heavy atom. The Hall–Kier alpha value is -2.37. The van der Waals surface area contributed by atoms with Gasteiger partial charge in [0.15, 0.2) is 0 Å². The molecular weight excluding hydrogens is 248 g/mol. The molecule has 102 valence electrons. The molecule has 0 spiro atoms. The number of aromatic amines is 1. The van der Waals surface area contributed by atoms with E-state index in [9.17, 15) is 9.59 Å². The summed E-state index contributed by atoms with van der Waals surface area (Å²) in [6, 6.07) is 6.13. The summed E-state index contributed by atoms with van der Waals surface area (Å²) in [5.74, 6) is -1.17. The lowest BCUT2D eigenvalue weighted by Crippen LogP contribution is -2.00. The molecule has 0 bridgehead atoms. The first-order valence-electron chi connectivity index (χ1n) is 5.75. The van der Waals surface area contributed by atoms with Crippen molar-refractivity contribution in [3.8, 4) is 0 Å². The fourth-order valence-corrected chi connectivity index (χ4v) is 1.51. The van der Waals surface area contributed by atoms with Gasteiger partial charge in [0.1, 0.15) is 5.82 Å². The normalized spacial score (nSPS) is 9.79. The minimum atomic E-state index is -1.08. The van der Waals surface area contributed by atoms with E-state index >= 15 is 0 Å². The van der Waals surface area contributed by atoms with Crippen LogP contribution in [0.3, 0.4) is 0 Å². The topological polar surface area (TPSA) is 103 Å². The molecule has 1 aromatic carbocycles. The predicted molar refractivity (Wildman–Crippen MR) is 70.1 cm³/mol. The number of carboxylic acids is 2. The van der Waals surface area contributed by atoms with Crippen LogP contribution in [-0.4, -0.2) is 32.1 Å². The van der Waals surface area contributed by atoms with Crippen LogP contribution < -0.4 is 0 Å². The van der Waals surface area contributed by atoms with Crippen molar-refractivity contribution in [3.05, 3.63) is 29.6 Å². The molecule has 2 rings (SSSR count). The summed E-state index contributed by atoms with van der Waals surface area (Å²) in [6.07, 6.45) is -0.593. The highest BCUT2D eigenvalue weighted by molar-refractivity contribution is 5.78. The molecule has 0 atom stereocenters. The van der Waals surface area contributed by atoms with E-state index < -0.39 is 11.9 Å². The highest BCUT2D eigenvalue weighted by Crippen LogP contribution is 2.14. The van der Waals surface area contributed by atoms with Gasteiger partial charge < -0.3 is 15.2 Å². The van der Waals surface area contributed by atoms with Gasteiger partial charge in [0.2, 0.25) is 0 Å². The van der Waals surface area contributed by atoms with E-state index in [1.807, 2.05) is 19.1 Å². The zero-order chi connectivity index (χ0) is 14.4. The van der Waals surface area contributed by atoms with Gasteiger partial charge in [0, 0.05) is 0 Å². The monoisotopic (exact) mass is 264 g/mol. The number of rotatable bonds is 3. The lowest BCUT2D eigenvalue weighted by atomic mass is 10.2. The van der Waals surface area contributed by atoms with Crippen LogP contribution in [0.1, 0.15) is 24.2 Å². The third-order valence-corrected chi connectivity index (χ3v) is 2.40. The van der Waals surface area contributed by atoms with Crippen LogP contribution in [0.2, 0.25) is 0 Å². The molecule has 0 fully saturated rings. The van der Waals surface area contributed by atoms with E-state index in [4.69, 9.17) is 10.2 Å². The molecule has 19 heavy (non-hydrogen) atoms. The number of para-hydroxylation sites is 1. The van der Waals surface area contributed by atoms with Crippen LogP contribution in [0.4, 0.5) is 0 Å². The maximum Gasteiger partial charge on any atom is 0.303 e. The molecule has 0 saturated heterocycles. The second-order valence-electron chi connectivity index (χ2n) is 4.08. The van der Waals surface area contributed by atoms with Gasteiger partial charge in [-0.05, 0) is 25.5 Å². The smallest absolute Gasteiger partial charge is 0.303 e. The lowest BCUT2D eigenvalue weighted by molar-refractivity contribution is -0.143. The van der Waals surface area contributed by atoms with Gasteiger partial charge >= 0.3 is 11.9 Å². The number of fused-ring (bicyclic) bond motifs is 1. The first-order chi connectivity index (χ1) is 8.90. The van der Waals surface area contributed by atoms with Crippen LogP contribution in [-0.2, 0) is 9.59 Å². The van der Waals surface area contributed by atoms with Crippen molar-refractivity contribution in [3.63, 3.8) is 0 Å². The molecule has 0 radical (unpaired) electrons. The molecule has 0 unspecified atom stereocenters. The zero-order valence-corrected chi connectivity index (χ0v) is 10.8. The number of hydrogen-bond donors (Lipinski definition) is 3. The van der Waals surface area contributed by atoms with Gasteiger partial charge in [-0.3, -0.25) is 9.59 Å². The van der Waals surface area contributed by atoms with Gasteiger partial charge in [0.05, 0.1) is 23.9 Å². The van der Waals surface area contributed by atoms with Gasteiger partial charge in [-0.2, -0.15) is 0 Å². The number of nitrogens with zero attached hydrogens (tertiary/aromatic N) is 1. The van der Waals surface area contributed by atoms with Crippen molar-refractivity contribution >= 4 is 23.0 Å². The van der Waals surface area contributed by atoms with Crippen LogP contribution in [0.5, 0.6) is 0 Å². The number of aliphatic carboxylic acids is 2. The van der Waals surface area contributed by atoms with E-state index in [1.54, 1.807) is 0 Å². The third-order valence-electron chi connectivity index (χ3n) is 2.40. The summed E-state index contributed by atoms with van der Waals surface area (Å²) in [5.41, 5.74) is 3.47. The number of aryl methyl sites for hydroxylation is 2. The van der Waals surface area contributed by atoms with Crippen LogP contribution in [0.15, 0.2) is 18.2 Å². The van der Waals surface area contributed by atoms with Crippen LogP contribution in [0.25, 0.3) is 11.0 Å². The van der Waals surface area contributed by atoms with E-state index in [2.05, 4.69) is 23.0 Å². The molecular formula is C13H16N2O4. The van der Waals surface area contributed by atoms with Crippen molar-refractivity contribution in [1.29, 1.82) is 0 Å². The average Bonchev–Trinajstić information content (AvgIpc) is 2.69. The largest absolute Gasteiger partial charge is 0.481 e. The first kappa shape index (κ1) is 14.7. The molecule has 0 aliphatic heterocycles. The Labute approximate surface area is 110 Å². The molecule has 2 aromatic rings. The van der Waals surface area contributed by atoms with Crippen molar-refractivity contribution in [2.45, 2.75) is 26.7 Å². The van der Waals surface area contributed by atoms with E-state index in [1.165, 1.54) is 5.56 Å². The molecule has 0 saturated carbocycles. The number of imidazole rings is 1. The summed E-state index contributed by atoms with van der Waals surface area (Å²) >= 11 is 0. The Balaban J connectivity index is 0.000000203. The summed E-state index contributed by atoms with van der Waals surface area (Å²) in [5, 5.41) is 15.8. The molecule has 0 aliphatic carbocycles. The maximum absolute atomic E-state index is 9.64. The van der Waals surface area contributed by atoms with Gasteiger partial charge in [-0.25, -0.2) is 4.98 Å². The van der Waals surface area contributed by atoms with E-state index in [0.717, 1.165) is 16.9 Å². The molecule has 3 N–H and O–H groups in total. The number of H-pyrrole nitrogens is 1. The third kappa shape index (κ3) is 4.79. The standard InChI is InChI=1S/C9H10N2.C4H6O4/c1-6-4-3-5-8-9(6)11-7(2)10-8;5-3(6)1-2-4(7)8/h3-5H,1-2H3,(H,10,11);1-2H2,(H,5,6)(H,7,8). The first-order valence-corrected chi connectivity index (χ1v) is 5.75. The Bertz CT molecular complexity index is 575. The Morgan fingerprint density at radius 2 is 1.74 bits per heavy atom. The molecule has 6 nitrogen and oxygen atoms in total. The van der Waals surface area contributed by atoms with Crippen molar-refractivity contribution in [2.75, 3.05) is 0 Å². The number of carboxylic acid groups (broad SMARTS) is 2. The summed E-state index contributed by atoms with van der Waals surface area (Å²) in [4.78, 5) is 26.8. The van der Waals surface area contributed by atoms with Crippen molar-refractivity contribution in [2.24, 2.45) is 0 Å². The number of benzene rings is 1. The SMILES string of the molecule is Cc1nc2cccc(C)c2[nH]1.O=C(O)CCC(=O)O. The van der Waals surface area contributed by atoms with Crippen LogP contribution in [0, 0.1) is 13.8 Å². The Morgan fingerprint density at radius 3 is 2.21 bits per heavy atom. The maximum atomic E-state index is 9.64. The minimum absolute atomic E-state index is 0.296. The van der Waals surface area contributed by atoms with Gasteiger partial charge in [-0.15, -0.1) is 0 Å². The quantitative estimate of drug-likeness (QED) is 0.787. The number of aromatic nitrogens is 2. The minimum Gasteiger partial charge on any atom is -0.481 e. The highest BCUT2D eigenvalue weighted by atomic mass is 16.4. The Kier molecular flexibility index (Phi) is 5.05. The molecule has 1 aromatic heterocycles. The van der Waals surface area contributed by atoms with Crippen molar-refractivity contribution < 1.29 is 19.8 Å². The number of hydrogen-bond acceptors (Lipinski definition) is 3. The number of carbonyl (C=O) groups is 2. The zero-order valence-electron chi connectivity index (χ0n) is 10.8. The molecule has 0 aliphatic rings. The average molecular weight is 264 g/mol. The predicted octanol–water partition coefficient (Wildman–Crippen LogP) is 2.12. The van der Waals surface area contributed by atoms with Crippen molar-refractivity contribution in [1.82, 2.24) is 9.97 Å². The fourth-order valence-electron chi connectivity index (χ4n) is 1.51. The summed E-state index contributed by atoms with van der Waals surface area (Å²) < 4.78 is 0. The summed E-state index contributed by atoms with van der Waals surface area (Å²) in [6.45, 7) is 4.05. The fraction of sp³-hybridized carbons (Fsp3) is 0.308. The second-order valence-corrected chi connectivity index (χ2v) is 4.08. The molecule has 0 amide bonds. The molecule has 6 heteroatoms. The summed E-state index contributed by atoms with van der Waals surface area (Å²) in [7, 11) is 0. The van der Waals surface area contributed by atoms with Gasteiger partial charge in [-0.1, -0.05) is 12.1 Å². The molecule has 1 heterocycles. The van der Waals surface area contributed by atoms with Gasteiger partial charge in [0.25, 0.3) is 0 Å². The van der Waals surface area contributed by atoms with E-state index in [0.29, 0.717) is 0 Å². The van der Waals surface area contributed by atoms with E-state index in [-0.39, 0.29) is 12.8 Å². The van der Waals surface area contributed by atoms with Crippen LogP contribution >= 0.6 is 0 Å². The number of nitrogens with one attached hydrogen (secondary N) is 1. The highest BCUT2D eigenvalue weighted by Gasteiger charge is 2.00. The second kappa shape index (κ2) is 6.53.